The van der Waals surface area contributed by atoms with Crippen LogP contribution in [-0.4, -0.2) is 22.7 Å². The molecule has 1 aromatic heterocycles. The molecule has 1 unspecified atom stereocenters. The summed E-state index contributed by atoms with van der Waals surface area (Å²) in [7, 11) is 0. The van der Waals surface area contributed by atoms with Gasteiger partial charge in [0.15, 0.2) is 0 Å². The van der Waals surface area contributed by atoms with Crippen molar-refractivity contribution in [3.05, 3.63) is 28.2 Å². The molecule has 0 spiro atoms. The number of hydrogen-bond donors (Lipinski definition) is 2. The minimum absolute atomic E-state index is 0.186. The molecular weight excluding hydrogens is 244 g/mol. The number of β-amino-alcohol motifs (C(OH)–C–C–N with tert-alkyl or cyclic N) is 1. The largest absolute Gasteiger partial charge is 0.392 e. The van der Waals surface area contributed by atoms with Crippen LogP contribution in [0.5, 0.6) is 0 Å². The van der Waals surface area contributed by atoms with Gasteiger partial charge in [0.25, 0.3) is 0 Å². The number of rotatable bonds is 1. The summed E-state index contributed by atoms with van der Waals surface area (Å²) in [5, 5.41) is 14.5. The number of thiazole rings is 1. The molecule has 2 heterocycles. The smallest absolute Gasteiger partial charge is 0.111 e. The van der Waals surface area contributed by atoms with Gasteiger partial charge in [-0.3, -0.25) is 0 Å². The van der Waals surface area contributed by atoms with E-state index in [1.54, 1.807) is 11.3 Å². The lowest BCUT2D eigenvalue weighted by Crippen LogP contribution is -2.14. The highest BCUT2D eigenvalue weighted by Crippen LogP contribution is 2.31. The molecule has 0 radical (unpaired) electrons. The summed E-state index contributed by atoms with van der Waals surface area (Å²) < 4.78 is 1.14. The number of benzene rings is 1. The zero-order chi connectivity index (χ0) is 11.1. The monoisotopic (exact) mass is 254 g/mol. The molecule has 3 rings (SSSR count). The normalized spacial score (nSPS) is 25.4. The minimum atomic E-state index is -0.249. The van der Waals surface area contributed by atoms with Crippen LogP contribution in [0, 0.1) is 0 Å². The molecule has 84 valence electrons. The maximum atomic E-state index is 9.47. The van der Waals surface area contributed by atoms with Gasteiger partial charge in [0, 0.05) is 11.6 Å². The maximum absolute atomic E-state index is 9.47. The molecule has 3 nitrogen and oxygen atoms in total. The molecule has 1 fully saturated rings. The number of fused-ring (bicyclic) bond motifs is 1. The van der Waals surface area contributed by atoms with Crippen molar-refractivity contribution in [2.45, 2.75) is 18.6 Å². The zero-order valence-electron chi connectivity index (χ0n) is 8.48. The third kappa shape index (κ3) is 1.82. The molecule has 1 saturated heterocycles. The second-order valence-electron chi connectivity index (χ2n) is 4.01. The second kappa shape index (κ2) is 3.96. The summed E-state index contributed by atoms with van der Waals surface area (Å²) in [6.45, 7) is 0.654. The zero-order valence-corrected chi connectivity index (χ0v) is 10.1. The van der Waals surface area contributed by atoms with E-state index in [2.05, 4.69) is 10.3 Å². The van der Waals surface area contributed by atoms with Crippen LogP contribution in [0.25, 0.3) is 10.2 Å². The summed E-state index contributed by atoms with van der Waals surface area (Å²) in [6, 6.07) is 5.93. The number of nitrogens with one attached hydrogen (secondary N) is 1. The van der Waals surface area contributed by atoms with Gasteiger partial charge < -0.3 is 10.4 Å². The van der Waals surface area contributed by atoms with E-state index < -0.39 is 0 Å². The fourth-order valence-corrected chi connectivity index (χ4v) is 3.18. The van der Waals surface area contributed by atoms with Gasteiger partial charge in [0.2, 0.25) is 0 Å². The van der Waals surface area contributed by atoms with Crippen LogP contribution in [0.4, 0.5) is 0 Å². The number of aromatic nitrogens is 1. The third-order valence-electron chi connectivity index (χ3n) is 2.77. The van der Waals surface area contributed by atoms with Crippen LogP contribution in [0.15, 0.2) is 18.2 Å². The Labute approximate surface area is 102 Å². The Morgan fingerprint density at radius 3 is 3.12 bits per heavy atom. The van der Waals surface area contributed by atoms with E-state index in [-0.39, 0.29) is 12.1 Å². The first kappa shape index (κ1) is 10.5. The van der Waals surface area contributed by atoms with Gasteiger partial charge in [-0.05, 0) is 24.6 Å². The summed E-state index contributed by atoms with van der Waals surface area (Å²) in [5.74, 6) is 0. The average Bonchev–Trinajstić information content (AvgIpc) is 2.83. The van der Waals surface area contributed by atoms with E-state index in [9.17, 15) is 5.11 Å². The number of hydrogen-bond acceptors (Lipinski definition) is 4. The van der Waals surface area contributed by atoms with E-state index in [1.165, 1.54) is 0 Å². The molecule has 5 heteroatoms. The van der Waals surface area contributed by atoms with E-state index in [4.69, 9.17) is 11.6 Å². The van der Waals surface area contributed by atoms with E-state index in [1.807, 2.05) is 18.2 Å². The predicted octanol–water partition coefficient (Wildman–Crippen LogP) is 2.34. The van der Waals surface area contributed by atoms with Crippen LogP contribution in [0.3, 0.4) is 0 Å². The third-order valence-corrected chi connectivity index (χ3v) is 4.16. The van der Waals surface area contributed by atoms with Crippen molar-refractivity contribution in [3.8, 4) is 0 Å². The van der Waals surface area contributed by atoms with Crippen molar-refractivity contribution in [1.29, 1.82) is 0 Å². The summed E-state index contributed by atoms with van der Waals surface area (Å²) in [5.41, 5.74) is 0.940. The molecular formula is C11H11ClN2OS. The van der Waals surface area contributed by atoms with Crippen molar-refractivity contribution in [1.82, 2.24) is 10.3 Å². The molecule has 0 aliphatic carbocycles. The Hall–Kier alpha value is -0.680. The van der Waals surface area contributed by atoms with E-state index in [0.29, 0.717) is 11.6 Å². The first-order valence-electron chi connectivity index (χ1n) is 5.20. The van der Waals surface area contributed by atoms with Gasteiger partial charge in [0.1, 0.15) is 5.01 Å². The van der Waals surface area contributed by atoms with Crippen LogP contribution >= 0.6 is 22.9 Å². The van der Waals surface area contributed by atoms with Crippen LogP contribution in [0.1, 0.15) is 17.5 Å². The van der Waals surface area contributed by atoms with Crippen LogP contribution in [-0.2, 0) is 0 Å². The predicted molar refractivity (Wildman–Crippen MR) is 66.0 cm³/mol. The van der Waals surface area contributed by atoms with E-state index in [0.717, 1.165) is 21.6 Å². The highest BCUT2D eigenvalue weighted by atomic mass is 35.5. The first-order valence-corrected chi connectivity index (χ1v) is 6.39. The molecule has 1 aliphatic rings. The van der Waals surface area contributed by atoms with E-state index >= 15 is 0 Å². The van der Waals surface area contributed by atoms with Crippen molar-refractivity contribution >= 4 is 33.2 Å². The first-order chi connectivity index (χ1) is 7.72. The Morgan fingerprint density at radius 1 is 1.50 bits per heavy atom. The van der Waals surface area contributed by atoms with Gasteiger partial charge in [-0.15, -0.1) is 11.3 Å². The molecule has 16 heavy (non-hydrogen) atoms. The standard InChI is InChI=1S/C11H11ClN2OS/c12-6-1-2-10-8(3-6)14-11(16-10)9-4-7(15)5-13-9/h1-3,7,9,13,15H,4-5H2/t7-,9?/m1/s1. The van der Waals surface area contributed by atoms with Gasteiger partial charge >= 0.3 is 0 Å². The molecule has 2 N–H and O–H groups in total. The van der Waals surface area contributed by atoms with Crippen molar-refractivity contribution < 1.29 is 5.11 Å². The summed E-state index contributed by atoms with van der Waals surface area (Å²) >= 11 is 7.58. The van der Waals surface area contributed by atoms with Gasteiger partial charge in [-0.1, -0.05) is 11.6 Å². The molecule has 1 aliphatic heterocycles. The fraction of sp³-hybridized carbons (Fsp3) is 0.364. The lowest BCUT2D eigenvalue weighted by atomic mass is 10.2. The number of aliphatic hydroxyl groups is 1. The Bertz CT molecular complexity index is 528. The molecule has 2 atom stereocenters. The molecule has 1 aromatic carbocycles. The van der Waals surface area contributed by atoms with Crippen molar-refractivity contribution in [3.63, 3.8) is 0 Å². The summed E-state index contributed by atoms with van der Waals surface area (Å²) in [4.78, 5) is 4.55. The molecule has 0 saturated carbocycles. The molecule has 0 amide bonds. The molecule has 0 bridgehead atoms. The topological polar surface area (TPSA) is 45.1 Å². The highest BCUT2D eigenvalue weighted by Gasteiger charge is 2.25. The Morgan fingerprint density at radius 2 is 2.38 bits per heavy atom. The number of halogens is 1. The highest BCUT2D eigenvalue weighted by molar-refractivity contribution is 7.18. The lowest BCUT2D eigenvalue weighted by molar-refractivity contribution is 0.193. The van der Waals surface area contributed by atoms with Gasteiger partial charge in [-0.25, -0.2) is 4.98 Å². The van der Waals surface area contributed by atoms with Gasteiger partial charge in [0.05, 0.1) is 22.4 Å². The minimum Gasteiger partial charge on any atom is -0.392 e. The quantitative estimate of drug-likeness (QED) is 0.821. The van der Waals surface area contributed by atoms with Crippen molar-refractivity contribution in [2.75, 3.05) is 6.54 Å². The van der Waals surface area contributed by atoms with Gasteiger partial charge in [-0.2, -0.15) is 0 Å². The number of nitrogens with zero attached hydrogens (tertiary/aromatic N) is 1. The Kier molecular flexibility index (Phi) is 2.59. The average molecular weight is 255 g/mol. The second-order valence-corrected chi connectivity index (χ2v) is 5.51. The lowest BCUT2D eigenvalue weighted by Gasteiger charge is -2.03. The SMILES string of the molecule is O[C@H]1CNC(c2nc3cc(Cl)ccc3s2)C1. The number of aliphatic hydroxyl groups excluding tert-OH is 1. The van der Waals surface area contributed by atoms with Crippen LogP contribution in [0.2, 0.25) is 5.02 Å². The summed E-state index contributed by atoms with van der Waals surface area (Å²) in [6.07, 6.45) is 0.494. The molecule has 2 aromatic rings. The maximum Gasteiger partial charge on any atom is 0.111 e. The Balaban J connectivity index is 1.99. The van der Waals surface area contributed by atoms with Crippen molar-refractivity contribution in [2.24, 2.45) is 0 Å². The fourth-order valence-electron chi connectivity index (χ4n) is 1.97. The van der Waals surface area contributed by atoms with Crippen LogP contribution < -0.4 is 5.32 Å².